The zero-order chi connectivity index (χ0) is 18.7. The van der Waals surface area contributed by atoms with Gasteiger partial charge in [0.15, 0.2) is 0 Å². The maximum atomic E-state index is 12.5. The van der Waals surface area contributed by atoms with E-state index in [1.165, 1.54) is 6.92 Å². The highest BCUT2D eigenvalue weighted by molar-refractivity contribution is 5.72. The van der Waals surface area contributed by atoms with Crippen LogP contribution in [0.15, 0.2) is 23.0 Å². The Kier molecular flexibility index (Phi) is 4.96. The molecule has 2 rings (SSSR count). The van der Waals surface area contributed by atoms with Crippen LogP contribution < -0.4 is 5.56 Å². The Morgan fingerprint density at radius 1 is 1.28 bits per heavy atom. The molecule has 0 bridgehead atoms. The number of aryl methyl sites for hydroxylation is 1. The second kappa shape index (κ2) is 6.95. The topological polar surface area (TPSA) is 150 Å². The van der Waals surface area contributed by atoms with Crippen molar-refractivity contribution in [3.63, 3.8) is 0 Å². The van der Waals surface area contributed by atoms with Crippen LogP contribution in [0.2, 0.25) is 0 Å². The fourth-order valence-corrected chi connectivity index (χ4v) is 2.28. The van der Waals surface area contributed by atoms with E-state index in [0.717, 1.165) is 22.9 Å². The molecule has 1 heterocycles. The third-order valence-electron chi connectivity index (χ3n) is 3.43. The number of aromatic nitrogens is 2. The number of hydrogen-bond donors (Lipinski definition) is 1. The Morgan fingerprint density at radius 2 is 1.96 bits per heavy atom. The molecule has 2 aromatic rings. The first-order valence-electron chi connectivity index (χ1n) is 7.15. The van der Waals surface area contributed by atoms with Crippen LogP contribution in [0.4, 0.5) is 11.4 Å². The average molecular weight is 350 g/mol. The third-order valence-corrected chi connectivity index (χ3v) is 3.43. The number of nitro groups is 2. The van der Waals surface area contributed by atoms with Gasteiger partial charge >= 0.3 is 11.7 Å². The Bertz CT molecular complexity index is 912. The minimum absolute atomic E-state index is 0.103. The van der Waals surface area contributed by atoms with Gasteiger partial charge in [-0.3, -0.25) is 34.9 Å². The number of carbonyl (C=O) groups excluding carboxylic acids is 1. The summed E-state index contributed by atoms with van der Waals surface area (Å²) in [5, 5.41) is 24.6. The fraction of sp³-hybridized carbons (Fsp3) is 0.286. The summed E-state index contributed by atoms with van der Waals surface area (Å²) in [4.78, 5) is 44.5. The number of aromatic amines is 1. The quantitative estimate of drug-likeness (QED) is 0.469. The van der Waals surface area contributed by atoms with E-state index < -0.39 is 32.7 Å². The van der Waals surface area contributed by atoms with E-state index in [1.54, 1.807) is 6.92 Å². The predicted molar refractivity (Wildman–Crippen MR) is 84.8 cm³/mol. The standard InChI is InChI=1S/C14H14N4O7/c1-3-25-13(19)7-10-8(2)15-16(14(10)20)11-5-4-9(17(21)22)6-12(11)18(23)24/h4-6,15H,3,7H2,1-2H3. The molecule has 0 atom stereocenters. The van der Waals surface area contributed by atoms with Crippen LogP contribution in [0.3, 0.4) is 0 Å². The molecule has 1 aromatic heterocycles. The van der Waals surface area contributed by atoms with Gasteiger partial charge in [-0.2, -0.15) is 0 Å². The van der Waals surface area contributed by atoms with Crippen molar-refractivity contribution >= 4 is 17.3 Å². The summed E-state index contributed by atoms with van der Waals surface area (Å²) >= 11 is 0. The monoisotopic (exact) mass is 350 g/mol. The van der Waals surface area contributed by atoms with Crippen LogP contribution in [0, 0.1) is 27.2 Å². The maximum Gasteiger partial charge on any atom is 0.310 e. The molecule has 0 aliphatic heterocycles. The summed E-state index contributed by atoms with van der Waals surface area (Å²) < 4.78 is 5.67. The van der Waals surface area contributed by atoms with Crippen molar-refractivity contribution in [3.8, 4) is 5.69 Å². The molecule has 25 heavy (non-hydrogen) atoms. The number of esters is 1. The van der Waals surface area contributed by atoms with Gasteiger partial charge in [0.2, 0.25) is 0 Å². The number of rotatable bonds is 6. The van der Waals surface area contributed by atoms with Gasteiger partial charge in [0.05, 0.1) is 34.5 Å². The van der Waals surface area contributed by atoms with Crippen LogP contribution in [0.1, 0.15) is 18.2 Å². The molecular formula is C14H14N4O7. The number of ether oxygens (including phenoxy) is 1. The molecule has 132 valence electrons. The molecule has 1 aromatic carbocycles. The highest BCUT2D eigenvalue weighted by Gasteiger charge is 2.24. The van der Waals surface area contributed by atoms with E-state index in [4.69, 9.17) is 4.74 Å². The van der Waals surface area contributed by atoms with Crippen molar-refractivity contribution in [1.82, 2.24) is 9.78 Å². The molecule has 11 nitrogen and oxygen atoms in total. The minimum atomic E-state index is -0.823. The van der Waals surface area contributed by atoms with Crippen molar-refractivity contribution in [1.29, 1.82) is 0 Å². The number of benzene rings is 1. The highest BCUT2D eigenvalue weighted by Crippen LogP contribution is 2.27. The Balaban J connectivity index is 2.56. The molecule has 0 amide bonds. The SMILES string of the molecule is CCOC(=O)Cc1c(C)[nH]n(-c2ccc([N+](=O)[O-])cc2[N+](=O)[O-])c1=O. The van der Waals surface area contributed by atoms with E-state index in [-0.39, 0.29) is 24.3 Å². The summed E-state index contributed by atoms with van der Waals surface area (Å²) in [7, 11) is 0. The molecular weight excluding hydrogens is 336 g/mol. The summed E-state index contributed by atoms with van der Waals surface area (Å²) in [5.74, 6) is -0.605. The van der Waals surface area contributed by atoms with E-state index in [9.17, 15) is 29.8 Å². The van der Waals surface area contributed by atoms with Crippen molar-refractivity contribution in [2.45, 2.75) is 20.3 Å². The number of nitrogens with zero attached hydrogens (tertiary/aromatic N) is 3. The molecule has 0 spiro atoms. The van der Waals surface area contributed by atoms with Crippen molar-refractivity contribution in [3.05, 3.63) is 60.0 Å². The van der Waals surface area contributed by atoms with Crippen molar-refractivity contribution < 1.29 is 19.4 Å². The van der Waals surface area contributed by atoms with Crippen LogP contribution in [-0.2, 0) is 16.0 Å². The second-order valence-electron chi connectivity index (χ2n) is 5.02. The predicted octanol–water partition coefficient (Wildman–Crippen LogP) is 1.40. The van der Waals surface area contributed by atoms with Gasteiger partial charge in [0.1, 0.15) is 5.69 Å². The lowest BCUT2D eigenvalue weighted by Crippen LogP contribution is -2.21. The normalized spacial score (nSPS) is 10.5. The first-order valence-corrected chi connectivity index (χ1v) is 7.15. The summed E-state index contributed by atoms with van der Waals surface area (Å²) in [6.07, 6.45) is -0.289. The molecule has 0 aliphatic carbocycles. The third kappa shape index (κ3) is 3.54. The van der Waals surface area contributed by atoms with Gasteiger partial charge in [0, 0.05) is 11.8 Å². The molecule has 0 saturated carbocycles. The van der Waals surface area contributed by atoms with E-state index in [0.29, 0.717) is 5.69 Å². The van der Waals surface area contributed by atoms with Gasteiger partial charge < -0.3 is 4.74 Å². The van der Waals surface area contributed by atoms with Crippen LogP contribution >= 0.6 is 0 Å². The molecule has 0 aliphatic rings. The lowest BCUT2D eigenvalue weighted by Gasteiger charge is -2.03. The van der Waals surface area contributed by atoms with E-state index >= 15 is 0 Å². The zero-order valence-corrected chi connectivity index (χ0v) is 13.3. The smallest absolute Gasteiger partial charge is 0.310 e. The number of hydrogen-bond acceptors (Lipinski definition) is 7. The van der Waals surface area contributed by atoms with Crippen LogP contribution in [-0.4, -0.2) is 32.2 Å². The van der Waals surface area contributed by atoms with Gasteiger partial charge in [-0.05, 0) is 19.9 Å². The highest BCUT2D eigenvalue weighted by atomic mass is 16.6. The average Bonchev–Trinajstić information content (AvgIpc) is 2.82. The van der Waals surface area contributed by atoms with Gasteiger partial charge in [-0.15, -0.1) is 0 Å². The van der Waals surface area contributed by atoms with Crippen LogP contribution in [0.25, 0.3) is 5.69 Å². The van der Waals surface area contributed by atoms with Gasteiger partial charge in [-0.1, -0.05) is 0 Å². The fourth-order valence-electron chi connectivity index (χ4n) is 2.28. The lowest BCUT2D eigenvalue weighted by molar-refractivity contribution is -0.394. The largest absolute Gasteiger partial charge is 0.466 e. The van der Waals surface area contributed by atoms with Gasteiger partial charge in [0.25, 0.3) is 11.2 Å². The molecule has 0 fully saturated rings. The molecule has 1 N–H and O–H groups in total. The van der Waals surface area contributed by atoms with E-state index in [2.05, 4.69) is 5.10 Å². The molecule has 0 radical (unpaired) electrons. The number of nitrogens with one attached hydrogen (secondary N) is 1. The Hall–Kier alpha value is -3.50. The van der Waals surface area contributed by atoms with E-state index in [1.807, 2.05) is 0 Å². The summed E-state index contributed by atoms with van der Waals surface area (Å²) in [6, 6.07) is 2.92. The Labute approximate surface area is 140 Å². The summed E-state index contributed by atoms with van der Waals surface area (Å²) in [6.45, 7) is 3.31. The molecule has 0 saturated heterocycles. The lowest BCUT2D eigenvalue weighted by atomic mass is 10.2. The van der Waals surface area contributed by atoms with Gasteiger partial charge in [-0.25, -0.2) is 4.68 Å². The zero-order valence-electron chi connectivity index (χ0n) is 13.3. The first-order chi connectivity index (χ1) is 11.8. The molecule has 11 heteroatoms. The number of H-pyrrole nitrogens is 1. The summed E-state index contributed by atoms with van der Waals surface area (Å²) in [5.41, 5.74) is -1.48. The maximum absolute atomic E-state index is 12.5. The van der Waals surface area contributed by atoms with Crippen molar-refractivity contribution in [2.24, 2.45) is 0 Å². The number of carbonyl (C=O) groups is 1. The van der Waals surface area contributed by atoms with Crippen molar-refractivity contribution in [2.75, 3.05) is 6.61 Å². The Morgan fingerprint density at radius 3 is 2.52 bits per heavy atom. The van der Waals surface area contributed by atoms with Crippen LogP contribution in [0.5, 0.6) is 0 Å². The second-order valence-corrected chi connectivity index (χ2v) is 5.02. The molecule has 0 unspecified atom stereocenters. The number of non-ortho nitro benzene ring substituents is 1. The first kappa shape index (κ1) is 17.8. The minimum Gasteiger partial charge on any atom is -0.466 e. The number of nitro benzene ring substituents is 2.